The van der Waals surface area contributed by atoms with Crippen LogP contribution in [0, 0.1) is 6.92 Å². The smallest absolute Gasteiger partial charge is 0.234 e. The number of para-hydroxylation sites is 1. The van der Waals surface area contributed by atoms with Gasteiger partial charge in [0.05, 0.1) is 11.1 Å². The molecule has 0 fully saturated rings. The monoisotopic (exact) mass is 508 g/mol. The van der Waals surface area contributed by atoms with Gasteiger partial charge in [0.15, 0.2) is 0 Å². The van der Waals surface area contributed by atoms with E-state index in [1.54, 1.807) is 17.7 Å². The highest BCUT2D eigenvalue weighted by Crippen LogP contribution is 2.38. The molecule has 0 atom stereocenters. The predicted octanol–water partition coefficient (Wildman–Crippen LogP) is 7.53. The minimum absolute atomic E-state index is 0.0579. The van der Waals surface area contributed by atoms with Crippen LogP contribution in [0.2, 0.25) is 0 Å². The quantitative estimate of drug-likeness (QED) is 0.187. The zero-order valence-electron chi connectivity index (χ0n) is 20.0. The second kappa shape index (κ2) is 9.41. The zero-order chi connectivity index (χ0) is 24.6. The maximum absolute atomic E-state index is 12.9. The van der Waals surface area contributed by atoms with Gasteiger partial charge in [-0.05, 0) is 43.7 Å². The van der Waals surface area contributed by atoms with Crippen molar-refractivity contribution in [2.24, 2.45) is 0 Å². The molecule has 0 spiro atoms. The van der Waals surface area contributed by atoms with Gasteiger partial charge in [0.25, 0.3) is 0 Å². The van der Waals surface area contributed by atoms with Crippen LogP contribution in [0.25, 0.3) is 43.1 Å². The van der Waals surface area contributed by atoms with E-state index >= 15 is 0 Å². The molecular weight excluding hydrogens is 484 g/mol. The highest BCUT2D eigenvalue weighted by Gasteiger charge is 2.16. The molecule has 3 heterocycles. The van der Waals surface area contributed by atoms with Gasteiger partial charge in [-0.15, -0.1) is 11.3 Å². The first-order valence-corrected chi connectivity index (χ1v) is 13.7. The maximum atomic E-state index is 12.9. The molecule has 3 aromatic heterocycles. The molecule has 1 N–H and O–H groups in total. The highest BCUT2D eigenvalue weighted by molar-refractivity contribution is 8.00. The first-order valence-electron chi connectivity index (χ1n) is 11.8. The van der Waals surface area contributed by atoms with Crippen LogP contribution in [-0.4, -0.2) is 26.2 Å². The van der Waals surface area contributed by atoms with Gasteiger partial charge in [0.1, 0.15) is 16.2 Å². The van der Waals surface area contributed by atoms with Crippen LogP contribution >= 0.6 is 23.1 Å². The molecule has 178 valence electrons. The number of aromatic nitrogens is 3. The average Bonchev–Trinajstić information content (AvgIpc) is 3.47. The Morgan fingerprint density at radius 1 is 1.00 bits per heavy atom. The maximum Gasteiger partial charge on any atom is 0.234 e. The fourth-order valence-corrected chi connectivity index (χ4v) is 6.50. The minimum Gasteiger partial charge on any atom is -0.341 e. The Labute approximate surface area is 217 Å². The summed E-state index contributed by atoms with van der Waals surface area (Å²) in [7, 11) is 0. The number of carbonyl (C=O) groups excluding carboxylic acids is 1. The topological polar surface area (TPSA) is 59.8 Å². The van der Waals surface area contributed by atoms with E-state index in [4.69, 9.17) is 0 Å². The number of fused-ring (bicyclic) bond motifs is 4. The van der Waals surface area contributed by atoms with Crippen LogP contribution in [0.1, 0.15) is 12.5 Å². The van der Waals surface area contributed by atoms with Gasteiger partial charge < -0.3 is 9.88 Å². The number of nitrogens with one attached hydrogen (secondary N) is 1. The number of carbonyl (C=O) groups is 1. The summed E-state index contributed by atoms with van der Waals surface area (Å²) in [5.41, 5.74) is 6.65. The van der Waals surface area contributed by atoms with E-state index in [1.807, 2.05) is 6.07 Å². The van der Waals surface area contributed by atoms with E-state index in [-0.39, 0.29) is 11.7 Å². The van der Waals surface area contributed by atoms with Crippen LogP contribution in [0.4, 0.5) is 5.69 Å². The van der Waals surface area contributed by atoms with Crippen molar-refractivity contribution < 1.29 is 4.79 Å². The Balaban J connectivity index is 1.24. The van der Waals surface area contributed by atoms with Crippen LogP contribution in [0.5, 0.6) is 0 Å². The molecule has 0 aliphatic carbocycles. The third-order valence-electron chi connectivity index (χ3n) is 6.41. The normalized spacial score (nSPS) is 11.5. The number of nitrogens with zero attached hydrogens (tertiary/aromatic N) is 3. The molecule has 0 aliphatic rings. The van der Waals surface area contributed by atoms with Crippen LogP contribution in [0.3, 0.4) is 0 Å². The first kappa shape index (κ1) is 22.8. The van der Waals surface area contributed by atoms with Gasteiger partial charge in [0.2, 0.25) is 5.91 Å². The standard InChI is InChI=1S/C29H24N4OS2/c1-3-33-24-7-5-4-6-21(24)22-14-20(12-13-25(22)33)32-26(34)16-36-29-27-23(15-35-28(27)30-17-31-29)19-10-8-18(2)9-11-19/h4-15,17H,3,16H2,1-2H3,(H,32,34). The number of rotatable bonds is 6. The Morgan fingerprint density at radius 2 is 1.81 bits per heavy atom. The lowest BCUT2D eigenvalue weighted by atomic mass is 10.1. The van der Waals surface area contributed by atoms with Gasteiger partial charge >= 0.3 is 0 Å². The van der Waals surface area contributed by atoms with Crippen LogP contribution in [-0.2, 0) is 11.3 Å². The Kier molecular flexibility index (Phi) is 5.95. The largest absolute Gasteiger partial charge is 0.341 e. The summed E-state index contributed by atoms with van der Waals surface area (Å²) < 4.78 is 2.30. The van der Waals surface area contributed by atoms with E-state index in [2.05, 4.69) is 99.7 Å². The van der Waals surface area contributed by atoms with Crippen molar-refractivity contribution in [2.45, 2.75) is 25.4 Å². The Morgan fingerprint density at radius 3 is 2.64 bits per heavy atom. The SMILES string of the molecule is CCn1c2ccccc2c2cc(NC(=O)CSc3ncnc4scc(-c5ccc(C)cc5)c34)ccc21. The molecule has 0 saturated heterocycles. The summed E-state index contributed by atoms with van der Waals surface area (Å²) in [5.74, 6) is 0.210. The summed E-state index contributed by atoms with van der Waals surface area (Å²) in [4.78, 5) is 22.8. The molecule has 0 radical (unpaired) electrons. The Hall–Kier alpha value is -3.68. The average molecular weight is 509 g/mol. The van der Waals surface area contributed by atoms with E-state index in [0.717, 1.165) is 44.0 Å². The molecule has 0 bridgehead atoms. The molecule has 36 heavy (non-hydrogen) atoms. The van der Waals surface area contributed by atoms with Crippen molar-refractivity contribution in [2.75, 3.05) is 11.1 Å². The summed E-state index contributed by atoms with van der Waals surface area (Å²) in [6, 6.07) is 23.0. The van der Waals surface area contributed by atoms with E-state index in [9.17, 15) is 4.79 Å². The fourth-order valence-electron chi connectivity index (χ4n) is 4.71. The third kappa shape index (κ3) is 4.04. The molecule has 6 rings (SSSR count). The van der Waals surface area contributed by atoms with Crippen molar-refractivity contribution in [1.82, 2.24) is 14.5 Å². The number of thiophene rings is 1. The number of anilines is 1. The second-order valence-corrected chi connectivity index (χ2v) is 10.5. The summed E-state index contributed by atoms with van der Waals surface area (Å²) in [6.07, 6.45) is 1.58. The molecule has 1 amide bonds. The van der Waals surface area contributed by atoms with E-state index < -0.39 is 0 Å². The van der Waals surface area contributed by atoms with Crippen LogP contribution < -0.4 is 5.32 Å². The van der Waals surface area contributed by atoms with Crippen molar-refractivity contribution in [3.63, 3.8) is 0 Å². The molecule has 5 nitrogen and oxygen atoms in total. The third-order valence-corrected chi connectivity index (χ3v) is 8.29. The minimum atomic E-state index is -0.0579. The van der Waals surface area contributed by atoms with Gasteiger partial charge in [-0.1, -0.05) is 59.8 Å². The van der Waals surface area contributed by atoms with Gasteiger partial charge in [-0.2, -0.15) is 0 Å². The number of hydrogen-bond acceptors (Lipinski definition) is 5. The molecule has 7 heteroatoms. The molecule has 6 aromatic rings. The first-order chi connectivity index (χ1) is 17.6. The molecule has 3 aromatic carbocycles. The van der Waals surface area contributed by atoms with Crippen molar-refractivity contribution in [3.05, 3.63) is 84.0 Å². The number of amides is 1. The summed E-state index contributed by atoms with van der Waals surface area (Å²) >= 11 is 3.05. The van der Waals surface area contributed by atoms with Gasteiger partial charge in [-0.3, -0.25) is 4.79 Å². The van der Waals surface area contributed by atoms with Crippen LogP contribution in [0.15, 0.2) is 83.5 Å². The lowest BCUT2D eigenvalue weighted by molar-refractivity contribution is -0.113. The predicted molar refractivity (Wildman–Crippen MR) is 152 cm³/mol. The van der Waals surface area contributed by atoms with Gasteiger partial charge in [-0.25, -0.2) is 9.97 Å². The van der Waals surface area contributed by atoms with Gasteiger partial charge in [0, 0.05) is 45.0 Å². The number of benzene rings is 3. The molecule has 0 aliphatic heterocycles. The van der Waals surface area contributed by atoms with E-state index in [1.165, 1.54) is 33.7 Å². The lowest BCUT2D eigenvalue weighted by Crippen LogP contribution is -2.14. The summed E-state index contributed by atoms with van der Waals surface area (Å²) in [5, 5.41) is 9.39. The lowest BCUT2D eigenvalue weighted by Gasteiger charge is -2.08. The molecular formula is C29H24N4OS2. The molecule has 0 saturated carbocycles. The van der Waals surface area contributed by atoms with Crippen molar-refractivity contribution >= 4 is 66.7 Å². The number of thioether (sulfide) groups is 1. The van der Waals surface area contributed by atoms with E-state index in [0.29, 0.717) is 0 Å². The molecule has 0 unspecified atom stereocenters. The van der Waals surface area contributed by atoms with Crippen molar-refractivity contribution in [3.8, 4) is 11.1 Å². The fraction of sp³-hybridized carbons (Fsp3) is 0.138. The summed E-state index contributed by atoms with van der Waals surface area (Å²) in [6.45, 7) is 5.13. The highest BCUT2D eigenvalue weighted by atomic mass is 32.2. The zero-order valence-corrected chi connectivity index (χ0v) is 21.6. The number of aryl methyl sites for hydroxylation is 2. The van der Waals surface area contributed by atoms with Crippen molar-refractivity contribution in [1.29, 1.82) is 0 Å². The number of hydrogen-bond donors (Lipinski definition) is 1. The second-order valence-electron chi connectivity index (χ2n) is 8.70. The Bertz CT molecular complexity index is 1730.